The molecule has 21 heavy (non-hydrogen) atoms. The summed E-state index contributed by atoms with van der Waals surface area (Å²) in [6, 6.07) is 12.0. The molecule has 1 N–H and O–H groups in total. The first kappa shape index (κ1) is 15.4. The van der Waals surface area contributed by atoms with Crippen LogP contribution in [0.2, 0.25) is 10.0 Å². The van der Waals surface area contributed by atoms with Gasteiger partial charge in [-0.2, -0.15) is 5.10 Å². The number of rotatable bonds is 4. The monoisotopic (exact) mass is 322 g/mol. The number of hydrogen-bond donors (Lipinski definition) is 1. The van der Waals surface area contributed by atoms with Gasteiger partial charge < -0.3 is 4.74 Å². The molecule has 0 aliphatic carbocycles. The average molecular weight is 323 g/mol. The Bertz CT molecular complexity index is 687. The summed E-state index contributed by atoms with van der Waals surface area (Å²) in [5, 5.41) is 4.63. The van der Waals surface area contributed by atoms with Crippen molar-refractivity contribution in [1.29, 1.82) is 0 Å². The van der Waals surface area contributed by atoms with Crippen molar-refractivity contribution in [3.8, 4) is 5.75 Å². The van der Waals surface area contributed by atoms with E-state index in [0.29, 0.717) is 16.3 Å². The second-order valence-corrected chi connectivity index (χ2v) is 4.91. The molecular weight excluding hydrogens is 311 g/mol. The number of nitrogens with one attached hydrogen (secondary N) is 1. The highest BCUT2D eigenvalue weighted by Gasteiger charge is 2.09. The van der Waals surface area contributed by atoms with Crippen LogP contribution in [0, 0.1) is 0 Å². The zero-order valence-corrected chi connectivity index (χ0v) is 12.7. The van der Waals surface area contributed by atoms with Crippen molar-refractivity contribution in [2.45, 2.75) is 0 Å². The van der Waals surface area contributed by atoms with E-state index in [1.165, 1.54) is 12.3 Å². The average Bonchev–Trinajstić information content (AvgIpc) is 2.47. The van der Waals surface area contributed by atoms with Crippen LogP contribution in [-0.4, -0.2) is 19.2 Å². The van der Waals surface area contributed by atoms with Gasteiger partial charge in [-0.05, 0) is 30.3 Å². The van der Waals surface area contributed by atoms with Crippen LogP contribution in [-0.2, 0) is 0 Å². The third-order valence-corrected chi connectivity index (χ3v) is 3.23. The van der Waals surface area contributed by atoms with Crippen LogP contribution in [0.4, 0.5) is 0 Å². The third kappa shape index (κ3) is 3.97. The normalized spacial score (nSPS) is 10.6. The van der Waals surface area contributed by atoms with Crippen molar-refractivity contribution in [2.24, 2.45) is 5.10 Å². The number of carbonyl (C=O) groups excluding carboxylic acids is 1. The van der Waals surface area contributed by atoms with E-state index in [-0.39, 0.29) is 5.02 Å². The number of nitrogens with zero attached hydrogens (tertiary/aromatic N) is 1. The number of ether oxygens (including phenoxy) is 1. The maximum atomic E-state index is 11.9. The number of methoxy groups -OCH3 is 1. The Hall–Kier alpha value is -2.04. The summed E-state index contributed by atoms with van der Waals surface area (Å²) in [5.41, 5.74) is 3.46. The highest BCUT2D eigenvalue weighted by Crippen LogP contribution is 2.20. The van der Waals surface area contributed by atoms with Gasteiger partial charge in [0.25, 0.3) is 5.91 Å². The molecule has 0 saturated carbocycles. The number of benzene rings is 2. The summed E-state index contributed by atoms with van der Waals surface area (Å²) in [6.07, 6.45) is 1.50. The van der Waals surface area contributed by atoms with E-state index < -0.39 is 5.91 Å². The van der Waals surface area contributed by atoms with Crippen LogP contribution in [0.15, 0.2) is 47.6 Å². The van der Waals surface area contributed by atoms with Crippen molar-refractivity contribution >= 4 is 35.3 Å². The Balaban J connectivity index is 2.08. The Morgan fingerprint density at radius 3 is 2.71 bits per heavy atom. The molecule has 6 heteroatoms. The first-order valence-electron chi connectivity index (χ1n) is 6.03. The van der Waals surface area contributed by atoms with Gasteiger partial charge in [-0.3, -0.25) is 4.79 Å². The van der Waals surface area contributed by atoms with Gasteiger partial charge in [-0.25, -0.2) is 5.43 Å². The van der Waals surface area contributed by atoms with Crippen LogP contribution < -0.4 is 10.2 Å². The van der Waals surface area contributed by atoms with Crippen LogP contribution in [0.5, 0.6) is 5.75 Å². The second-order valence-electron chi connectivity index (χ2n) is 4.07. The lowest BCUT2D eigenvalue weighted by Crippen LogP contribution is -2.18. The molecule has 0 aliphatic heterocycles. The van der Waals surface area contributed by atoms with Gasteiger partial charge in [0.2, 0.25) is 0 Å². The first-order valence-corrected chi connectivity index (χ1v) is 6.79. The smallest absolute Gasteiger partial charge is 0.272 e. The third-order valence-electron chi connectivity index (χ3n) is 2.68. The molecule has 2 aromatic rings. The van der Waals surface area contributed by atoms with E-state index in [0.717, 1.165) is 5.56 Å². The molecule has 0 bridgehead atoms. The number of hydrogen-bond acceptors (Lipinski definition) is 3. The number of hydrazone groups is 1. The summed E-state index contributed by atoms with van der Waals surface area (Å²) in [6.45, 7) is 0. The summed E-state index contributed by atoms with van der Waals surface area (Å²) < 4.78 is 5.18. The molecule has 0 unspecified atom stereocenters. The van der Waals surface area contributed by atoms with E-state index in [1.54, 1.807) is 25.3 Å². The number of amides is 1. The molecule has 0 aliphatic rings. The standard InChI is InChI=1S/C15H12Cl2N2O2/c1-21-14-5-3-2-4-10(14)9-18-19-15(20)12-7-6-11(16)8-13(12)17/h2-9H,1H3,(H,19,20)/b18-9+. The van der Waals surface area contributed by atoms with Gasteiger partial charge in [0.15, 0.2) is 0 Å². The molecule has 0 heterocycles. The van der Waals surface area contributed by atoms with Crippen LogP contribution >= 0.6 is 23.2 Å². The Kier molecular flexibility index (Phi) is 5.20. The van der Waals surface area contributed by atoms with E-state index in [4.69, 9.17) is 27.9 Å². The molecule has 4 nitrogen and oxygen atoms in total. The molecule has 2 aromatic carbocycles. The zero-order chi connectivity index (χ0) is 15.2. The molecule has 1 amide bonds. The molecule has 0 radical (unpaired) electrons. The fourth-order valence-corrected chi connectivity index (χ4v) is 2.16. The van der Waals surface area contributed by atoms with Gasteiger partial charge in [0.05, 0.1) is 23.9 Å². The lowest BCUT2D eigenvalue weighted by atomic mass is 10.2. The Morgan fingerprint density at radius 2 is 2.00 bits per heavy atom. The van der Waals surface area contributed by atoms with Crippen LogP contribution in [0.3, 0.4) is 0 Å². The topological polar surface area (TPSA) is 50.7 Å². The Morgan fingerprint density at radius 1 is 1.24 bits per heavy atom. The van der Waals surface area contributed by atoms with Gasteiger partial charge in [-0.1, -0.05) is 35.3 Å². The zero-order valence-electron chi connectivity index (χ0n) is 11.1. The van der Waals surface area contributed by atoms with E-state index >= 15 is 0 Å². The maximum absolute atomic E-state index is 11.9. The van der Waals surface area contributed by atoms with Crippen LogP contribution in [0.1, 0.15) is 15.9 Å². The predicted octanol–water partition coefficient (Wildman–Crippen LogP) is 3.77. The van der Waals surface area contributed by atoms with Crippen molar-refractivity contribution in [2.75, 3.05) is 7.11 Å². The summed E-state index contributed by atoms with van der Waals surface area (Å²) >= 11 is 11.7. The highest BCUT2D eigenvalue weighted by molar-refractivity contribution is 6.36. The van der Waals surface area contributed by atoms with Crippen molar-refractivity contribution in [3.05, 3.63) is 63.6 Å². The molecule has 0 fully saturated rings. The van der Waals surface area contributed by atoms with Gasteiger partial charge in [0.1, 0.15) is 5.75 Å². The van der Waals surface area contributed by atoms with Crippen molar-refractivity contribution in [3.63, 3.8) is 0 Å². The minimum Gasteiger partial charge on any atom is -0.496 e. The summed E-state index contributed by atoms with van der Waals surface area (Å²) in [4.78, 5) is 11.9. The summed E-state index contributed by atoms with van der Waals surface area (Å²) in [7, 11) is 1.57. The minimum absolute atomic E-state index is 0.271. The maximum Gasteiger partial charge on any atom is 0.272 e. The lowest BCUT2D eigenvalue weighted by Gasteiger charge is -2.04. The number of carbonyl (C=O) groups is 1. The van der Waals surface area contributed by atoms with Gasteiger partial charge in [0, 0.05) is 10.6 Å². The highest BCUT2D eigenvalue weighted by atomic mass is 35.5. The quantitative estimate of drug-likeness (QED) is 0.688. The van der Waals surface area contributed by atoms with E-state index in [2.05, 4.69) is 10.5 Å². The molecule has 0 spiro atoms. The van der Waals surface area contributed by atoms with Crippen molar-refractivity contribution in [1.82, 2.24) is 5.43 Å². The molecule has 2 rings (SSSR count). The fourth-order valence-electron chi connectivity index (χ4n) is 1.67. The van der Waals surface area contributed by atoms with Crippen molar-refractivity contribution < 1.29 is 9.53 Å². The van der Waals surface area contributed by atoms with Gasteiger partial charge in [-0.15, -0.1) is 0 Å². The first-order chi connectivity index (χ1) is 10.1. The largest absolute Gasteiger partial charge is 0.496 e. The lowest BCUT2D eigenvalue weighted by molar-refractivity contribution is 0.0955. The SMILES string of the molecule is COc1ccccc1/C=N/NC(=O)c1ccc(Cl)cc1Cl. The summed E-state index contributed by atoms with van der Waals surface area (Å²) in [5.74, 6) is 0.253. The van der Waals surface area contributed by atoms with E-state index in [1.807, 2.05) is 18.2 Å². The van der Waals surface area contributed by atoms with Crippen LogP contribution in [0.25, 0.3) is 0 Å². The molecule has 0 atom stereocenters. The Labute approximate surface area is 132 Å². The fraction of sp³-hybridized carbons (Fsp3) is 0.0667. The molecule has 108 valence electrons. The van der Waals surface area contributed by atoms with Gasteiger partial charge >= 0.3 is 0 Å². The number of para-hydroxylation sites is 1. The molecular formula is C15H12Cl2N2O2. The second kappa shape index (κ2) is 7.11. The number of halogens is 2. The predicted molar refractivity (Wildman–Crippen MR) is 84.5 cm³/mol. The minimum atomic E-state index is -0.414. The van der Waals surface area contributed by atoms with E-state index in [9.17, 15) is 4.79 Å². The molecule has 0 aromatic heterocycles. The molecule has 0 saturated heterocycles.